The minimum absolute atomic E-state index is 0.641. The van der Waals surface area contributed by atoms with E-state index in [0.717, 1.165) is 19.4 Å². The van der Waals surface area contributed by atoms with Crippen LogP contribution in [0.3, 0.4) is 0 Å². The van der Waals surface area contributed by atoms with Gasteiger partial charge in [0.15, 0.2) is 0 Å². The van der Waals surface area contributed by atoms with Crippen molar-refractivity contribution in [1.82, 2.24) is 0 Å². The van der Waals surface area contributed by atoms with E-state index in [2.05, 4.69) is 31.9 Å². The molecule has 0 radical (unpaired) electrons. The maximum Gasteiger partial charge on any atom is 0.125 e. The molecule has 1 nitrogen and oxygen atoms in total. The second-order valence-corrected chi connectivity index (χ2v) is 6.51. The Bertz CT molecular complexity index is 524. The summed E-state index contributed by atoms with van der Waals surface area (Å²) in [6.45, 7) is 1.99. The Morgan fingerprint density at radius 1 is 1.29 bits per heavy atom. The van der Waals surface area contributed by atoms with Crippen LogP contribution < -0.4 is 0 Å². The fraction of sp³-hybridized carbons (Fsp3) is 0.231. The molecule has 0 aliphatic heterocycles. The van der Waals surface area contributed by atoms with E-state index in [1.807, 2.05) is 42.6 Å². The third kappa shape index (κ3) is 2.50. The van der Waals surface area contributed by atoms with Crippen LogP contribution in [0, 0.1) is 0 Å². The second-order valence-electron chi connectivity index (χ2n) is 3.82. The van der Waals surface area contributed by atoms with Gasteiger partial charge in [-0.15, -0.1) is 11.3 Å². The zero-order chi connectivity index (χ0) is 12.5. The zero-order valence-corrected chi connectivity index (χ0v) is 13.3. The van der Waals surface area contributed by atoms with Crippen molar-refractivity contribution in [2.45, 2.75) is 18.9 Å². The molecule has 1 atom stereocenters. The monoisotopic (exact) mass is 374 g/mol. The summed E-state index contributed by atoms with van der Waals surface area (Å²) < 4.78 is 1.95. The summed E-state index contributed by atoms with van der Waals surface area (Å²) in [6.07, 6.45) is 0.641. The van der Waals surface area contributed by atoms with Gasteiger partial charge in [0.2, 0.25) is 0 Å². The summed E-state index contributed by atoms with van der Waals surface area (Å²) in [7, 11) is 0. The number of halogens is 2. The van der Waals surface area contributed by atoms with Crippen molar-refractivity contribution in [1.29, 1.82) is 0 Å². The predicted octanol–water partition coefficient (Wildman–Crippen LogP) is 4.92. The van der Waals surface area contributed by atoms with Crippen LogP contribution in [-0.4, -0.2) is 5.11 Å². The SMILES string of the molecule is CCC(O)(c1cccc(Br)c1)c1sccc1Br. The Hall–Kier alpha value is -0.160. The van der Waals surface area contributed by atoms with Crippen molar-refractivity contribution < 1.29 is 5.11 Å². The summed E-state index contributed by atoms with van der Waals surface area (Å²) >= 11 is 8.51. The molecular formula is C13H12Br2OS. The van der Waals surface area contributed by atoms with Gasteiger partial charge >= 0.3 is 0 Å². The van der Waals surface area contributed by atoms with Crippen molar-refractivity contribution in [2.75, 3.05) is 0 Å². The second kappa shape index (κ2) is 5.22. The van der Waals surface area contributed by atoms with Crippen LogP contribution in [0.5, 0.6) is 0 Å². The van der Waals surface area contributed by atoms with Gasteiger partial charge in [-0.1, -0.05) is 35.0 Å². The molecule has 0 spiro atoms. The lowest BCUT2D eigenvalue weighted by Gasteiger charge is -2.27. The van der Waals surface area contributed by atoms with Crippen molar-refractivity contribution in [3.05, 3.63) is 55.1 Å². The number of thiophene rings is 1. The van der Waals surface area contributed by atoms with Crippen LogP contribution in [0.4, 0.5) is 0 Å². The Kier molecular flexibility index (Phi) is 4.08. The van der Waals surface area contributed by atoms with Crippen LogP contribution in [-0.2, 0) is 5.60 Å². The Labute approximate surface area is 122 Å². The molecule has 0 aliphatic carbocycles. The van der Waals surface area contributed by atoms with Crippen molar-refractivity contribution >= 4 is 43.2 Å². The van der Waals surface area contributed by atoms with Crippen LogP contribution in [0.2, 0.25) is 0 Å². The normalized spacial score (nSPS) is 14.6. The highest BCUT2D eigenvalue weighted by Crippen LogP contribution is 2.40. The van der Waals surface area contributed by atoms with E-state index >= 15 is 0 Å². The first-order chi connectivity index (χ1) is 8.08. The Morgan fingerprint density at radius 3 is 2.59 bits per heavy atom. The van der Waals surface area contributed by atoms with Crippen LogP contribution in [0.15, 0.2) is 44.7 Å². The first-order valence-electron chi connectivity index (χ1n) is 5.30. The molecule has 1 aromatic heterocycles. The Morgan fingerprint density at radius 2 is 2.06 bits per heavy atom. The number of benzene rings is 1. The van der Waals surface area contributed by atoms with E-state index in [9.17, 15) is 5.11 Å². The van der Waals surface area contributed by atoms with Crippen molar-refractivity contribution in [3.63, 3.8) is 0 Å². The first kappa shape index (κ1) is 13.3. The molecule has 0 saturated heterocycles. The highest BCUT2D eigenvalue weighted by atomic mass is 79.9. The minimum atomic E-state index is -0.920. The molecule has 2 aromatic rings. The molecule has 0 saturated carbocycles. The molecule has 90 valence electrons. The lowest BCUT2D eigenvalue weighted by Crippen LogP contribution is -2.25. The lowest BCUT2D eigenvalue weighted by atomic mass is 9.90. The molecule has 4 heteroatoms. The smallest absolute Gasteiger partial charge is 0.125 e. The average molecular weight is 376 g/mol. The molecule has 1 N–H and O–H groups in total. The first-order valence-corrected chi connectivity index (χ1v) is 7.76. The van der Waals surface area contributed by atoms with Gasteiger partial charge in [-0.25, -0.2) is 0 Å². The van der Waals surface area contributed by atoms with Crippen LogP contribution in [0.25, 0.3) is 0 Å². The third-order valence-electron chi connectivity index (χ3n) is 2.81. The van der Waals surface area contributed by atoms with Crippen molar-refractivity contribution in [2.24, 2.45) is 0 Å². The number of rotatable bonds is 3. The fourth-order valence-electron chi connectivity index (χ4n) is 1.83. The minimum Gasteiger partial charge on any atom is -0.380 e. The van der Waals surface area contributed by atoms with E-state index in [-0.39, 0.29) is 0 Å². The van der Waals surface area contributed by atoms with Crippen LogP contribution >= 0.6 is 43.2 Å². The highest BCUT2D eigenvalue weighted by molar-refractivity contribution is 9.10. The number of hydrogen-bond acceptors (Lipinski definition) is 2. The molecule has 17 heavy (non-hydrogen) atoms. The van der Waals surface area contributed by atoms with Gasteiger partial charge in [-0.05, 0) is 51.5 Å². The van der Waals surface area contributed by atoms with Gasteiger partial charge in [-0.2, -0.15) is 0 Å². The van der Waals surface area contributed by atoms with E-state index in [4.69, 9.17) is 0 Å². The molecule has 0 bridgehead atoms. The lowest BCUT2D eigenvalue weighted by molar-refractivity contribution is 0.0796. The van der Waals surface area contributed by atoms with E-state index in [1.54, 1.807) is 11.3 Å². The number of aliphatic hydroxyl groups is 1. The average Bonchev–Trinajstić information content (AvgIpc) is 2.75. The van der Waals surface area contributed by atoms with Crippen molar-refractivity contribution in [3.8, 4) is 0 Å². The van der Waals surface area contributed by atoms with Gasteiger partial charge in [0.05, 0.1) is 4.88 Å². The molecule has 1 unspecified atom stereocenters. The predicted molar refractivity (Wildman–Crippen MR) is 79.5 cm³/mol. The summed E-state index contributed by atoms with van der Waals surface area (Å²) in [5.41, 5.74) is -0.00549. The third-order valence-corrected chi connectivity index (χ3v) is 5.29. The fourth-order valence-corrected chi connectivity index (χ4v) is 4.12. The molecule has 0 fully saturated rings. The van der Waals surface area contributed by atoms with Crippen LogP contribution in [0.1, 0.15) is 23.8 Å². The maximum absolute atomic E-state index is 10.9. The highest BCUT2D eigenvalue weighted by Gasteiger charge is 2.32. The van der Waals surface area contributed by atoms with Gasteiger partial charge in [-0.3, -0.25) is 0 Å². The van der Waals surface area contributed by atoms with Gasteiger partial charge in [0.25, 0.3) is 0 Å². The van der Waals surface area contributed by atoms with Gasteiger partial charge in [0, 0.05) is 8.95 Å². The standard InChI is InChI=1S/C13H12Br2OS/c1-2-13(16,12-11(15)6-7-17-12)9-4-3-5-10(14)8-9/h3-8,16H,2H2,1H3. The molecule has 2 rings (SSSR count). The molecular weight excluding hydrogens is 364 g/mol. The molecule has 1 aromatic carbocycles. The number of hydrogen-bond donors (Lipinski definition) is 1. The van der Waals surface area contributed by atoms with E-state index < -0.39 is 5.60 Å². The van der Waals surface area contributed by atoms with Gasteiger partial charge in [0.1, 0.15) is 5.60 Å². The zero-order valence-electron chi connectivity index (χ0n) is 9.28. The Balaban J connectivity index is 2.55. The topological polar surface area (TPSA) is 20.2 Å². The quantitative estimate of drug-likeness (QED) is 0.807. The maximum atomic E-state index is 10.9. The molecule has 1 heterocycles. The molecule has 0 aliphatic rings. The van der Waals surface area contributed by atoms with E-state index in [0.29, 0.717) is 6.42 Å². The summed E-state index contributed by atoms with van der Waals surface area (Å²) in [4.78, 5) is 0.957. The molecule has 0 amide bonds. The summed E-state index contributed by atoms with van der Waals surface area (Å²) in [5.74, 6) is 0. The van der Waals surface area contributed by atoms with Gasteiger partial charge < -0.3 is 5.11 Å². The largest absolute Gasteiger partial charge is 0.380 e. The van der Waals surface area contributed by atoms with E-state index in [1.165, 1.54) is 0 Å². The summed E-state index contributed by atoms with van der Waals surface area (Å²) in [6, 6.07) is 9.80. The summed E-state index contributed by atoms with van der Waals surface area (Å²) in [5, 5.41) is 12.9.